The van der Waals surface area contributed by atoms with Crippen molar-refractivity contribution >= 4 is 5.57 Å². The van der Waals surface area contributed by atoms with E-state index in [2.05, 4.69) is 37.3 Å². The van der Waals surface area contributed by atoms with Gasteiger partial charge in [0.25, 0.3) is 0 Å². The van der Waals surface area contributed by atoms with Gasteiger partial charge in [0.15, 0.2) is 0 Å². The third kappa shape index (κ3) is 2.25. The molecular weight excluding hydrogens is 168 g/mol. The van der Waals surface area contributed by atoms with E-state index in [4.69, 9.17) is 0 Å². The van der Waals surface area contributed by atoms with Crippen molar-refractivity contribution in [2.24, 2.45) is 0 Å². The first-order valence-electron chi connectivity index (χ1n) is 5.65. The van der Waals surface area contributed by atoms with Crippen LogP contribution in [-0.2, 0) is 6.42 Å². The number of hydrogen-bond donors (Lipinski definition) is 0. The normalized spacial score (nSPS) is 16.9. The second kappa shape index (κ2) is 5.64. The monoisotopic (exact) mass is 188 g/mol. The summed E-state index contributed by atoms with van der Waals surface area (Å²) in [5, 5.41) is 0. The molecule has 0 unspecified atom stereocenters. The maximum Gasteiger partial charge on any atom is -0.0196 e. The Balaban J connectivity index is 0.000000461. The molecule has 2 rings (SSSR count). The maximum atomic E-state index is 2.25. The lowest BCUT2D eigenvalue weighted by Gasteiger charge is -2.18. The zero-order chi connectivity index (χ0) is 10.4. The molecule has 0 bridgehead atoms. The average Bonchev–Trinajstić information content (AvgIpc) is 2.31. The molecule has 1 aliphatic rings. The fourth-order valence-electron chi connectivity index (χ4n) is 1.96. The molecule has 1 aromatic rings. The van der Waals surface area contributed by atoms with Crippen molar-refractivity contribution in [2.75, 3.05) is 0 Å². The summed E-state index contributed by atoms with van der Waals surface area (Å²) in [5.41, 5.74) is 4.53. The fourth-order valence-corrected chi connectivity index (χ4v) is 1.96. The molecule has 0 N–H and O–H groups in total. The predicted octanol–water partition coefficient (Wildman–Crippen LogP) is 4.45. The van der Waals surface area contributed by atoms with E-state index in [0.29, 0.717) is 0 Å². The Kier molecular flexibility index (Phi) is 4.45. The minimum absolute atomic E-state index is 1.26. The number of hydrogen-bond acceptors (Lipinski definition) is 0. The van der Waals surface area contributed by atoms with E-state index in [1.165, 1.54) is 36.0 Å². The largest absolute Gasteiger partial charge is 0.0838 e. The molecule has 0 nitrogen and oxygen atoms in total. The van der Waals surface area contributed by atoms with Gasteiger partial charge < -0.3 is 0 Å². The second-order valence-corrected chi connectivity index (χ2v) is 3.32. The number of aryl methyl sites for hydroxylation is 1. The molecule has 0 spiro atoms. The van der Waals surface area contributed by atoms with Crippen molar-refractivity contribution in [3.8, 4) is 0 Å². The summed E-state index contributed by atoms with van der Waals surface area (Å²) in [6.45, 7) is 6.14. The first-order chi connectivity index (χ1) is 6.92. The smallest absolute Gasteiger partial charge is 0.0196 e. The van der Waals surface area contributed by atoms with Gasteiger partial charge in [0.05, 0.1) is 0 Å². The number of allylic oxidation sites excluding steroid dienone is 2. The van der Waals surface area contributed by atoms with Gasteiger partial charge in [0, 0.05) is 0 Å². The third-order valence-electron chi connectivity index (χ3n) is 2.60. The van der Waals surface area contributed by atoms with Gasteiger partial charge in [0.1, 0.15) is 0 Å². The quantitative estimate of drug-likeness (QED) is 0.564. The molecule has 0 aromatic heterocycles. The molecule has 0 aliphatic heterocycles. The van der Waals surface area contributed by atoms with Crippen LogP contribution in [0.5, 0.6) is 0 Å². The highest BCUT2D eigenvalue weighted by atomic mass is 14.2. The highest BCUT2D eigenvalue weighted by Crippen LogP contribution is 2.29. The van der Waals surface area contributed by atoms with Crippen molar-refractivity contribution in [1.82, 2.24) is 0 Å². The minimum atomic E-state index is 1.26. The van der Waals surface area contributed by atoms with Crippen LogP contribution in [0.1, 0.15) is 44.7 Å². The summed E-state index contributed by atoms with van der Waals surface area (Å²) in [6, 6.07) is 8.76. The van der Waals surface area contributed by atoms with Crippen molar-refractivity contribution in [2.45, 2.75) is 40.0 Å². The van der Waals surface area contributed by atoms with Gasteiger partial charge in [-0.25, -0.2) is 0 Å². The van der Waals surface area contributed by atoms with Crippen LogP contribution in [0.2, 0.25) is 0 Å². The fraction of sp³-hybridized carbons (Fsp3) is 0.429. The summed E-state index contributed by atoms with van der Waals surface area (Å²) in [7, 11) is 0. The van der Waals surface area contributed by atoms with E-state index in [1.807, 2.05) is 13.8 Å². The van der Waals surface area contributed by atoms with Crippen LogP contribution >= 0.6 is 0 Å². The van der Waals surface area contributed by atoms with Crippen LogP contribution < -0.4 is 0 Å². The third-order valence-corrected chi connectivity index (χ3v) is 2.60. The van der Waals surface area contributed by atoms with Crippen molar-refractivity contribution in [3.05, 3.63) is 41.5 Å². The van der Waals surface area contributed by atoms with Crippen molar-refractivity contribution in [3.63, 3.8) is 0 Å². The van der Waals surface area contributed by atoms with E-state index in [0.717, 1.165) is 0 Å². The molecule has 0 heteroatoms. The Morgan fingerprint density at radius 1 is 1.07 bits per heavy atom. The van der Waals surface area contributed by atoms with Gasteiger partial charge in [-0.3, -0.25) is 0 Å². The standard InChI is InChI=1S/C12H14.C2H6/c1-2-10-7-5-8-11-6-3-4-9-12(10)11;1-2/h2-4,6,9H,5,7-8H2,1H3;1-2H3/b10-2+;. The predicted molar refractivity (Wildman–Crippen MR) is 64.4 cm³/mol. The van der Waals surface area contributed by atoms with E-state index < -0.39 is 0 Å². The van der Waals surface area contributed by atoms with E-state index in [-0.39, 0.29) is 0 Å². The molecular formula is C14H20. The van der Waals surface area contributed by atoms with Crippen LogP contribution in [0.3, 0.4) is 0 Å². The molecule has 0 saturated heterocycles. The summed E-state index contributed by atoms with van der Waals surface area (Å²) in [5.74, 6) is 0. The summed E-state index contributed by atoms with van der Waals surface area (Å²) < 4.78 is 0. The van der Waals surface area contributed by atoms with Gasteiger partial charge in [-0.2, -0.15) is 0 Å². The molecule has 1 aliphatic carbocycles. The lowest BCUT2D eigenvalue weighted by atomic mass is 9.87. The molecule has 0 radical (unpaired) electrons. The van der Waals surface area contributed by atoms with E-state index >= 15 is 0 Å². The van der Waals surface area contributed by atoms with Crippen LogP contribution in [0.25, 0.3) is 5.57 Å². The Labute approximate surface area is 87.7 Å². The van der Waals surface area contributed by atoms with Gasteiger partial charge in [0.2, 0.25) is 0 Å². The highest BCUT2D eigenvalue weighted by molar-refractivity contribution is 5.69. The lowest BCUT2D eigenvalue weighted by Crippen LogP contribution is -2.00. The van der Waals surface area contributed by atoms with E-state index in [9.17, 15) is 0 Å². The van der Waals surface area contributed by atoms with Crippen LogP contribution in [-0.4, -0.2) is 0 Å². The Morgan fingerprint density at radius 3 is 2.50 bits per heavy atom. The van der Waals surface area contributed by atoms with Gasteiger partial charge >= 0.3 is 0 Å². The SMILES string of the molecule is C/C=C1\CCCc2ccccc21.CC. The van der Waals surface area contributed by atoms with Crippen LogP contribution in [0, 0.1) is 0 Å². The van der Waals surface area contributed by atoms with Gasteiger partial charge in [-0.15, -0.1) is 0 Å². The maximum absolute atomic E-state index is 2.25. The molecule has 0 saturated carbocycles. The van der Waals surface area contributed by atoms with Gasteiger partial charge in [-0.05, 0) is 42.9 Å². The lowest BCUT2D eigenvalue weighted by molar-refractivity contribution is 0.821. The first-order valence-corrected chi connectivity index (χ1v) is 5.65. The van der Waals surface area contributed by atoms with Crippen LogP contribution in [0.4, 0.5) is 0 Å². The second-order valence-electron chi connectivity index (χ2n) is 3.32. The number of benzene rings is 1. The van der Waals surface area contributed by atoms with Crippen molar-refractivity contribution in [1.29, 1.82) is 0 Å². The first kappa shape index (κ1) is 11.0. The zero-order valence-electron chi connectivity index (χ0n) is 9.51. The van der Waals surface area contributed by atoms with Crippen molar-refractivity contribution < 1.29 is 0 Å². The van der Waals surface area contributed by atoms with E-state index in [1.54, 1.807) is 0 Å². The molecule has 14 heavy (non-hydrogen) atoms. The number of fused-ring (bicyclic) bond motifs is 1. The average molecular weight is 188 g/mol. The minimum Gasteiger partial charge on any atom is -0.0838 e. The molecule has 0 fully saturated rings. The molecule has 1 aromatic carbocycles. The topological polar surface area (TPSA) is 0 Å². The molecule has 76 valence electrons. The molecule has 0 amide bonds. The summed E-state index contributed by atoms with van der Waals surface area (Å²) in [4.78, 5) is 0. The molecule has 0 atom stereocenters. The Hall–Kier alpha value is -1.04. The zero-order valence-corrected chi connectivity index (χ0v) is 9.51. The van der Waals surface area contributed by atoms with Gasteiger partial charge in [-0.1, -0.05) is 44.2 Å². The summed E-state index contributed by atoms with van der Waals surface area (Å²) >= 11 is 0. The Bertz CT molecular complexity index is 308. The van der Waals surface area contributed by atoms with Crippen LogP contribution in [0.15, 0.2) is 30.3 Å². The molecule has 0 heterocycles. The Morgan fingerprint density at radius 2 is 1.79 bits per heavy atom. The summed E-state index contributed by atoms with van der Waals surface area (Å²) in [6.07, 6.45) is 6.08. The number of rotatable bonds is 0. The highest BCUT2D eigenvalue weighted by Gasteiger charge is 2.11.